The van der Waals surface area contributed by atoms with E-state index in [1.165, 1.54) is 0 Å². The van der Waals surface area contributed by atoms with Gasteiger partial charge >= 0.3 is 0 Å². The van der Waals surface area contributed by atoms with Crippen LogP contribution in [0.3, 0.4) is 0 Å². The smallest absolute Gasteiger partial charge is 0 e. The van der Waals surface area contributed by atoms with Gasteiger partial charge in [0.15, 0.2) is 0 Å². The first kappa shape index (κ1) is 33.0. The minimum absolute atomic E-state index is 0. The van der Waals surface area contributed by atoms with E-state index in [2.05, 4.69) is 0 Å². The summed E-state index contributed by atoms with van der Waals surface area (Å²) in [5, 5.41) is 0. The van der Waals surface area contributed by atoms with Gasteiger partial charge in [-0.2, -0.15) is 0 Å². The third-order valence-electron chi connectivity index (χ3n) is 0. The molecule has 0 aliphatic rings. The maximum Gasteiger partial charge on any atom is 0 e. The first-order valence-electron chi connectivity index (χ1n) is 0. The molecule has 4 radical (unpaired) electrons. The van der Waals surface area contributed by atoms with Crippen molar-refractivity contribution in [2.75, 3.05) is 0 Å². The molecule has 0 atom stereocenters. The van der Waals surface area contributed by atoms with Gasteiger partial charge in [-0.25, -0.2) is 0 Å². The topological polar surface area (TPSA) is 0 Å². The monoisotopic (exact) mass is 260 g/mol. The van der Waals surface area contributed by atoms with E-state index in [9.17, 15) is 0 Å². The zero-order chi connectivity index (χ0) is 0. The average molecular weight is 262 g/mol. The molecule has 4 heteroatoms. The third-order valence-corrected chi connectivity index (χ3v) is 0. The van der Waals surface area contributed by atoms with Crippen molar-refractivity contribution >= 4 is 17.4 Å². The quantitative estimate of drug-likeness (QED) is 0.522. The number of hydrogen-bond donors (Lipinski definition) is 0. The normalized spacial score (nSPS) is 0. The van der Waals surface area contributed by atoms with Crippen LogP contribution in [0.5, 0.6) is 0 Å². The summed E-state index contributed by atoms with van der Waals surface area (Å²) in [6.07, 6.45) is 0. The van der Waals surface area contributed by atoms with Crippen LogP contribution in [0.25, 0.3) is 0 Å². The van der Waals surface area contributed by atoms with E-state index in [4.69, 9.17) is 0 Å². The van der Waals surface area contributed by atoms with Gasteiger partial charge in [-0.05, 0) is 0 Å². The SMILES string of the molecule is [Al].[Cu].[Pd].[Zn]. The van der Waals surface area contributed by atoms with E-state index in [1.807, 2.05) is 0 Å². The first-order chi connectivity index (χ1) is 0. The van der Waals surface area contributed by atoms with Crippen molar-refractivity contribution in [1.82, 2.24) is 0 Å². The Morgan fingerprint density at radius 1 is 1.00 bits per heavy atom. The summed E-state index contributed by atoms with van der Waals surface area (Å²) in [7, 11) is 0. The predicted octanol–water partition coefficient (Wildman–Crippen LogP) is -0.388. The van der Waals surface area contributed by atoms with E-state index in [0.717, 1.165) is 0 Å². The standard InChI is InChI=1S/Al.Cu.Pd.Zn. The maximum atomic E-state index is 0. The fourth-order valence-corrected chi connectivity index (χ4v) is 0. The summed E-state index contributed by atoms with van der Waals surface area (Å²) in [6, 6.07) is 0. The second-order valence-electron chi connectivity index (χ2n) is 0. The summed E-state index contributed by atoms with van der Waals surface area (Å²) in [6.45, 7) is 0. The zero-order valence-corrected chi connectivity index (χ0v) is 8.52. The molecule has 0 bridgehead atoms. The van der Waals surface area contributed by atoms with Crippen LogP contribution in [-0.2, 0) is 57.0 Å². The van der Waals surface area contributed by atoms with Crippen molar-refractivity contribution in [2.45, 2.75) is 0 Å². The Kier molecular flexibility index (Phi) is 152. The molecule has 0 aliphatic heterocycles. The molecule has 0 N–H and O–H groups in total. The maximum absolute atomic E-state index is 0. The Morgan fingerprint density at radius 3 is 1.00 bits per heavy atom. The molecule has 0 aliphatic carbocycles. The molecule has 0 unspecified atom stereocenters. The molecule has 0 spiro atoms. The Morgan fingerprint density at radius 2 is 1.00 bits per heavy atom. The van der Waals surface area contributed by atoms with Crippen molar-refractivity contribution in [2.24, 2.45) is 0 Å². The number of hydrogen-bond acceptors (Lipinski definition) is 0. The molecule has 4 heavy (non-hydrogen) atoms. The molecule has 0 aromatic carbocycles. The molecule has 0 aromatic rings. The van der Waals surface area contributed by atoms with Gasteiger partial charge < -0.3 is 0 Å². The Labute approximate surface area is 73.5 Å². The summed E-state index contributed by atoms with van der Waals surface area (Å²) in [5.74, 6) is 0. The predicted molar refractivity (Wildman–Crippen MR) is 5.75 cm³/mol. The number of rotatable bonds is 0. The van der Waals surface area contributed by atoms with E-state index >= 15 is 0 Å². The Hall–Kier alpha value is 2.34. The third kappa shape index (κ3) is 8.84. The Bertz CT molecular complexity index is 8.00. The molecular weight excluding hydrogens is 262 g/mol. The van der Waals surface area contributed by atoms with Crippen LogP contribution in [0.15, 0.2) is 0 Å². The van der Waals surface area contributed by atoms with Crippen LogP contribution in [0, 0.1) is 0 Å². The van der Waals surface area contributed by atoms with Crippen LogP contribution >= 0.6 is 0 Å². The minimum atomic E-state index is 0. The van der Waals surface area contributed by atoms with Gasteiger partial charge in [0.25, 0.3) is 0 Å². The van der Waals surface area contributed by atoms with E-state index in [0.29, 0.717) is 0 Å². The van der Waals surface area contributed by atoms with Gasteiger partial charge in [0.05, 0.1) is 0 Å². The van der Waals surface area contributed by atoms with Crippen molar-refractivity contribution in [3.05, 3.63) is 0 Å². The van der Waals surface area contributed by atoms with Crippen LogP contribution in [0.4, 0.5) is 0 Å². The second-order valence-corrected chi connectivity index (χ2v) is 0. The summed E-state index contributed by atoms with van der Waals surface area (Å²) in [5.41, 5.74) is 0. The summed E-state index contributed by atoms with van der Waals surface area (Å²) in [4.78, 5) is 0. The van der Waals surface area contributed by atoms with Gasteiger partial charge in [-0.15, -0.1) is 0 Å². The molecule has 26 valence electrons. The van der Waals surface area contributed by atoms with Crippen molar-refractivity contribution in [3.8, 4) is 0 Å². The van der Waals surface area contributed by atoms with Gasteiger partial charge in [-0.1, -0.05) is 0 Å². The second kappa shape index (κ2) is 18.4. The van der Waals surface area contributed by atoms with E-state index in [1.54, 1.807) is 0 Å². The fraction of sp³-hybridized carbons (Fsp3) is 0. The van der Waals surface area contributed by atoms with Gasteiger partial charge in [0.2, 0.25) is 0 Å². The molecule has 0 heterocycles. The average Bonchev–Trinajstić information content (AvgIpc) is 0. The summed E-state index contributed by atoms with van der Waals surface area (Å²) >= 11 is 0. The molecule has 0 saturated heterocycles. The molecule has 0 nitrogen and oxygen atoms in total. The minimum Gasteiger partial charge on any atom is 0 e. The molecule has 0 rings (SSSR count). The van der Waals surface area contributed by atoms with Gasteiger partial charge in [-0.3, -0.25) is 0 Å². The van der Waals surface area contributed by atoms with Gasteiger partial charge in [0.1, 0.15) is 0 Å². The van der Waals surface area contributed by atoms with Crippen molar-refractivity contribution < 1.29 is 57.0 Å². The fourth-order valence-electron chi connectivity index (χ4n) is 0. The van der Waals surface area contributed by atoms with Crippen molar-refractivity contribution in [1.29, 1.82) is 0 Å². The molecule has 0 saturated carbocycles. The summed E-state index contributed by atoms with van der Waals surface area (Å²) < 4.78 is 0. The van der Waals surface area contributed by atoms with Crippen LogP contribution < -0.4 is 0 Å². The molecular formula is AlCuPdZn. The van der Waals surface area contributed by atoms with Crippen LogP contribution in [0.1, 0.15) is 0 Å². The molecule has 0 aromatic heterocycles. The van der Waals surface area contributed by atoms with Gasteiger partial charge in [0, 0.05) is 74.3 Å². The van der Waals surface area contributed by atoms with Crippen LogP contribution in [0.2, 0.25) is 0 Å². The van der Waals surface area contributed by atoms with Crippen molar-refractivity contribution in [3.63, 3.8) is 0 Å². The van der Waals surface area contributed by atoms with E-state index in [-0.39, 0.29) is 74.3 Å². The largest absolute Gasteiger partial charge is 0 e. The zero-order valence-electron chi connectivity index (χ0n) is 1.90. The van der Waals surface area contributed by atoms with Crippen LogP contribution in [-0.4, -0.2) is 17.4 Å². The van der Waals surface area contributed by atoms with E-state index < -0.39 is 0 Å². The molecule has 0 fully saturated rings. The Balaban J connectivity index is 0. The first-order valence-corrected chi connectivity index (χ1v) is 0. The molecule has 0 amide bonds.